The number of nitrogens with one attached hydrogen (secondary N) is 2. The van der Waals surface area contributed by atoms with Crippen LogP contribution in [0.2, 0.25) is 0 Å². The summed E-state index contributed by atoms with van der Waals surface area (Å²) < 4.78 is 0. The molecule has 90 valence electrons. The molecule has 2 aromatic rings. The quantitative estimate of drug-likeness (QED) is 0.855. The highest BCUT2D eigenvalue weighted by atomic mass is 32.1. The number of nitrogens with zero attached hydrogens (tertiary/aromatic N) is 2. The molecule has 0 spiro atoms. The fourth-order valence-corrected chi connectivity index (χ4v) is 3.10. The molecule has 4 nitrogen and oxygen atoms in total. The highest BCUT2D eigenvalue weighted by molar-refractivity contribution is 7.18. The van der Waals surface area contributed by atoms with Gasteiger partial charge in [0, 0.05) is 10.9 Å². The third kappa shape index (κ3) is 2.25. The van der Waals surface area contributed by atoms with Crippen LogP contribution in [0, 0.1) is 6.92 Å². The average Bonchev–Trinajstić information content (AvgIpc) is 2.72. The predicted molar refractivity (Wildman–Crippen MR) is 71.7 cm³/mol. The summed E-state index contributed by atoms with van der Waals surface area (Å²) in [6, 6.07) is 2.71. The number of thiophene rings is 1. The maximum Gasteiger partial charge on any atom is 0.138 e. The number of aryl methyl sites for hydroxylation is 1. The SMILES string of the molecule is Cc1cc2c(NC3CCNCC3)ncnc2s1. The Labute approximate surface area is 104 Å². The van der Waals surface area contributed by atoms with Crippen molar-refractivity contribution in [1.29, 1.82) is 0 Å². The molecule has 0 saturated carbocycles. The summed E-state index contributed by atoms with van der Waals surface area (Å²) in [5, 5.41) is 8.08. The van der Waals surface area contributed by atoms with Crippen LogP contribution in [0.4, 0.5) is 5.82 Å². The molecule has 0 amide bonds. The number of hydrogen-bond donors (Lipinski definition) is 2. The van der Waals surface area contributed by atoms with Gasteiger partial charge >= 0.3 is 0 Å². The Hall–Kier alpha value is -1.20. The third-order valence-electron chi connectivity index (χ3n) is 3.13. The van der Waals surface area contributed by atoms with E-state index in [1.54, 1.807) is 17.7 Å². The summed E-state index contributed by atoms with van der Waals surface area (Å²) in [5.74, 6) is 0.992. The van der Waals surface area contributed by atoms with E-state index in [1.165, 1.54) is 4.88 Å². The van der Waals surface area contributed by atoms with Crippen LogP contribution in [0.15, 0.2) is 12.4 Å². The van der Waals surface area contributed by atoms with Crippen molar-refractivity contribution in [3.8, 4) is 0 Å². The van der Waals surface area contributed by atoms with Crippen LogP contribution in [0.3, 0.4) is 0 Å². The summed E-state index contributed by atoms with van der Waals surface area (Å²) in [4.78, 5) is 11.1. The lowest BCUT2D eigenvalue weighted by Crippen LogP contribution is -2.35. The fourth-order valence-electron chi connectivity index (χ4n) is 2.25. The second kappa shape index (κ2) is 4.58. The van der Waals surface area contributed by atoms with Gasteiger partial charge in [0.25, 0.3) is 0 Å². The number of piperidine rings is 1. The van der Waals surface area contributed by atoms with Crippen LogP contribution in [-0.4, -0.2) is 29.1 Å². The first-order valence-corrected chi connectivity index (χ1v) is 6.83. The zero-order chi connectivity index (χ0) is 11.7. The second-order valence-corrected chi connectivity index (χ2v) is 5.70. The van der Waals surface area contributed by atoms with E-state index in [2.05, 4.69) is 33.6 Å². The number of aromatic nitrogens is 2. The molecule has 0 unspecified atom stereocenters. The predicted octanol–water partition coefficient (Wildman–Crippen LogP) is 2.16. The van der Waals surface area contributed by atoms with E-state index in [0.717, 1.165) is 42.0 Å². The van der Waals surface area contributed by atoms with E-state index in [9.17, 15) is 0 Å². The van der Waals surface area contributed by atoms with Crippen molar-refractivity contribution >= 4 is 27.4 Å². The van der Waals surface area contributed by atoms with Crippen LogP contribution in [0.5, 0.6) is 0 Å². The molecular weight excluding hydrogens is 232 g/mol. The van der Waals surface area contributed by atoms with Crippen molar-refractivity contribution < 1.29 is 0 Å². The second-order valence-electron chi connectivity index (χ2n) is 4.47. The molecule has 0 aromatic carbocycles. The number of rotatable bonds is 2. The molecule has 0 bridgehead atoms. The lowest BCUT2D eigenvalue weighted by atomic mass is 10.1. The highest BCUT2D eigenvalue weighted by Gasteiger charge is 2.15. The average molecular weight is 248 g/mol. The summed E-state index contributed by atoms with van der Waals surface area (Å²) >= 11 is 1.72. The monoisotopic (exact) mass is 248 g/mol. The number of hydrogen-bond acceptors (Lipinski definition) is 5. The molecule has 5 heteroatoms. The van der Waals surface area contributed by atoms with Gasteiger partial charge in [-0.2, -0.15) is 0 Å². The smallest absolute Gasteiger partial charge is 0.138 e. The van der Waals surface area contributed by atoms with Crippen molar-refractivity contribution in [3.63, 3.8) is 0 Å². The molecule has 1 aliphatic rings. The largest absolute Gasteiger partial charge is 0.367 e. The van der Waals surface area contributed by atoms with E-state index < -0.39 is 0 Å². The Bertz CT molecular complexity index is 516. The lowest BCUT2D eigenvalue weighted by molar-refractivity contribution is 0.478. The Kier molecular flexibility index (Phi) is 2.94. The molecule has 0 atom stereocenters. The van der Waals surface area contributed by atoms with Crippen LogP contribution >= 0.6 is 11.3 Å². The first-order chi connectivity index (χ1) is 8.33. The Balaban J connectivity index is 1.88. The van der Waals surface area contributed by atoms with E-state index in [1.807, 2.05) is 0 Å². The topological polar surface area (TPSA) is 49.8 Å². The van der Waals surface area contributed by atoms with Crippen LogP contribution in [-0.2, 0) is 0 Å². The molecule has 1 fully saturated rings. The maximum absolute atomic E-state index is 4.38. The van der Waals surface area contributed by atoms with E-state index in [-0.39, 0.29) is 0 Å². The summed E-state index contributed by atoms with van der Waals surface area (Å²) in [5.41, 5.74) is 0. The van der Waals surface area contributed by atoms with Crippen molar-refractivity contribution in [2.75, 3.05) is 18.4 Å². The van der Waals surface area contributed by atoms with Gasteiger partial charge in [-0.1, -0.05) is 0 Å². The van der Waals surface area contributed by atoms with Crippen molar-refractivity contribution in [2.24, 2.45) is 0 Å². The number of fused-ring (bicyclic) bond motifs is 1. The van der Waals surface area contributed by atoms with Gasteiger partial charge in [-0.3, -0.25) is 0 Å². The van der Waals surface area contributed by atoms with Crippen LogP contribution in [0.1, 0.15) is 17.7 Å². The maximum atomic E-state index is 4.38. The van der Waals surface area contributed by atoms with Gasteiger partial charge in [-0.25, -0.2) is 9.97 Å². The molecule has 2 aromatic heterocycles. The standard InChI is InChI=1S/C12H16N4S/c1-8-6-10-11(14-7-15-12(10)17-8)16-9-2-4-13-5-3-9/h6-7,9,13H,2-5H2,1H3,(H,14,15,16). The molecular formula is C12H16N4S. The minimum atomic E-state index is 0.537. The van der Waals surface area contributed by atoms with Crippen molar-refractivity contribution in [2.45, 2.75) is 25.8 Å². The molecule has 1 aliphatic heterocycles. The molecule has 3 heterocycles. The van der Waals surface area contributed by atoms with Gasteiger partial charge in [0.15, 0.2) is 0 Å². The molecule has 17 heavy (non-hydrogen) atoms. The van der Waals surface area contributed by atoms with Gasteiger partial charge in [0.2, 0.25) is 0 Å². The zero-order valence-corrected chi connectivity index (χ0v) is 10.7. The van der Waals surface area contributed by atoms with Crippen LogP contribution < -0.4 is 10.6 Å². The highest BCUT2D eigenvalue weighted by Crippen LogP contribution is 2.28. The fraction of sp³-hybridized carbons (Fsp3) is 0.500. The molecule has 0 aliphatic carbocycles. The van der Waals surface area contributed by atoms with Crippen molar-refractivity contribution in [3.05, 3.63) is 17.3 Å². The van der Waals surface area contributed by atoms with Gasteiger partial charge in [0.1, 0.15) is 17.0 Å². The normalized spacial score (nSPS) is 17.5. The lowest BCUT2D eigenvalue weighted by Gasteiger charge is -2.24. The molecule has 3 rings (SSSR count). The Morgan fingerprint density at radius 2 is 2.18 bits per heavy atom. The Morgan fingerprint density at radius 3 is 3.00 bits per heavy atom. The first kappa shape index (κ1) is 10.9. The van der Waals surface area contributed by atoms with E-state index in [0.29, 0.717) is 6.04 Å². The van der Waals surface area contributed by atoms with Gasteiger partial charge in [0.05, 0.1) is 5.39 Å². The van der Waals surface area contributed by atoms with Crippen molar-refractivity contribution in [1.82, 2.24) is 15.3 Å². The minimum absolute atomic E-state index is 0.537. The number of anilines is 1. The van der Waals surface area contributed by atoms with E-state index in [4.69, 9.17) is 0 Å². The molecule has 1 saturated heterocycles. The van der Waals surface area contributed by atoms with Crippen LogP contribution in [0.25, 0.3) is 10.2 Å². The zero-order valence-electron chi connectivity index (χ0n) is 9.86. The molecule has 0 radical (unpaired) electrons. The summed E-state index contributed by atoms with van der Waals surface area (Å²) in [7, 11) is 0. The van der Waals surface area contributed by atoms with E-state index >= 15 is 0 Å². The third-order valence-corrected chi connectivity index (χ3v) is 4.09. The summed E-state index contributed by atoms with van der Waals surface area (Å²) in [6.07, 6.45) is 3.98. The minimum Gasteiger partial charge on any atom is -0.367 e. The summed E-state index contributed by atoms with van der Waals surface area (Å²) in [6.45, 7) is 4.30. The molecule has 2 N–H and O–H groups in total. The van der Waals surface area contributed by atoms with Gasteiger partial charge in [-0.15, -0.1) is 11.3 Å². The van der Waals surface area contributed by atoms with Gasteiger partial charge in [-0.05, 0) is 38.9 Å². The first-order valence-electron chi connectivity index (χ1n) is 6.01. The Morgan fingerprint density at radius 1 is 1.35 bits per heavy atom. The van der Waals surface area contributed by atoms with Gasteiger partial charge < -0.3 is 10.6 Å².